The number of hydrogen-bond acceptors (Lipinski definition) is 5. The van der Waals surface area contributed by atoms with Gasteiger partial charge in [0.1, 0.15) is 32.5 Å². The molecule has 0 aliphatic rings. The molecule has 118 valence electrons. The molecule has 0 amide bonds. The van der Waals surface area contributed by atoms with Gasteiger partial charge >= 0.3 is 0 Å². The van der Waals surface area contributed by atoms with Gasteiger partial charge in [-0.15, -0.1) is 11.3 Å². The lowest BCUT2D eigenvalue weighted by Crippen LogP contribution is -1.87. The molecule has 0 spiro atoms. The van der Waals surface area contributed by atoms with Crippen molar-refractivity contribution in [1.82, 2.24) is 4.98 Å². The van der Waals surface area contributed by atoms with Crippen molar-refractivity contribution in [1.29, 1.82) is 0 Å². The van der Waals surface area contributed by atoms with Crippen LogP contribution in [-0.2, 0) is 0 Å². The smallest absolute Gasteiger partial charge is 0.146 e. The van der Waals surface area contributed by atoms with Crippen LogP contribution in [0.1, 0.15) is 10.6 Å². The Balaban J connectivity index is 1.94. The van der Waals surface area contributed by atoms with Gasteiger partial charge in [-0.3, -0.25) is 0 Å². The van der Waals surface area contributed by atoms with Gasteiger partial charge in [0.05, 0.1) is 21.3 Å². The van der Waals surface area contributed by atoms with E-state index in [1.807, 2.05) is 48.6 Å². The van der Waals surface area contributed by atoms with E-state index in [1.165, 1.54) is 0 Å². The second kappa shape index (κ2) is 6.71. The average molecular weight is 327 g/mol. The van der Waals surface area contributed by atoms with Gasteiger partial charge in [0.2, 0.25) is 0 Å². The van der Waals surface area contributed by atoms with Crippen LogP contribution in [0.2, 0.25) is 0 Å². The number of hydrogen-bond donors (Lipinski definition) is 0. The molecule has 4 nitrogen and oxygen atoms in total. The lowest BCUT2D eigenvalue weighted by molar-refractivity contribution is 0.410. The first kappa shape index (κ1) is 15.4. The molecule has 2 aromatic carbocycles. The van der Waals surface area contributed by atoms with E-state index in [0.717, 1.165) is 38.0 Å². The van der Waals surface area contributed by atoms with Crippen LogP contribution in [0.4, 0.5) is 0 Å². The topological polar surface area (TPSA) is 40.6 Å². The van der Waals surface area contributed by atoms with E-state index < -0.39 is 0 Å². The van der Waals surface area contributed by atoms with Crippen LogP contribution in [-0.4, -0.2) is 26.3 Å². The van der Waals surface area contributed by atoms with Gasteiger partial charge in [0.25, 0.3) is 0 Å². The molecule has 3 rings (SSSR count). The zero-order valence-electron chi connectivity index (χ0n) is 13.2. The van der Waals surface area contributed by atoms with Crippen LogP contribution in [0.3, 0.4) is 0 Å². The highest BCUT2D eigenvalue weighted by Crippen LogP contribution is 2.37. The van der Waals surface area contributed by atoms with Crippen LogP contribution < -0.4 is 14.2 Å². The van der Waals surface area contributed by atoms with Crippen molar-refractivity contribution in [2.24, 2.45) is 0 Å². The van der Waals surface area contributed by atoms with Crippen molar-refractivity contribution in [2.75, 3.05) is 21.3 Å². The van der Waals surface area contributed by atoms with Gasteiger partial charge < -0.3 is 14.2 Å². The molecule has 0 aliphatic carbocycles. The van der Waals surface area contributed by atoms with E-state index in [1.54, 1.807) is 32.7 Å². The number of nitrogens with zero attached hydrogens (tertiary/aromatic N) is 1. The van der Waals surface area contributed by atoms with Gasteiger partial charge in [-0.25, -0.2) is 4.98 Å². The van der Waals surface area contributed by atoms with Gasteiger partial charge in [0, 0.05) is 0 Å². The zero-order chi connectivity index (χ0) is 16.2. The molecule has 0 atom stereocenters. The second-order valence-electron chi connectivity index (χ2n) is 4.81. The largest absolute Gasteiger partial charge is 0.497 e. The fraction of sp³-hybridized carbons (Fsp3) is 0.167. The molecule has 1 aromatic heterocycles. The molecule has 23 heavy (non-hydrogen) atoms. The number of thiazole rings is 1. The van der Waals surface area contributed by atoms with Crippen LogP contribution in [0.5, 0.6) is 17.2 Å². The van der Waals surface area contributed by atoms with E-state index in [9.17, 15) is 0 Å². The first-order valence-corrected chi connectivity index (χ1v) is 7.90. The molecule has 0 aliphatic heterocycles. The molecule has 0 radical (unpaired) electrons. The van der Waals surface area contributed by atoms with Crippen molar-refractivity contribution in [3.8, 4) is 17.2 Å². The summed E-state index contributed by atoms with van der Waals surface area (Å²) in [5.41, 5.74) is 1.91. The molecule has 0 unspecified atom stereocenters. The van der Waals surface area contributed by atoms with Crippen LogP contribution in [0.25, 0.3) is 22.4 Å². The van der Waals surface area contributed by atoms with Gasteiger partial charge in [-0.05, 0) is 35.9 Å². The van der Waals surface area contributed by atoms with Gasteiger partial charge in [0.15, 0.2) is 0 Å². The quantitative estimate of drug-likeness (QED) is 0.692. The Morgan fingerprint density at radius 3 is 2.17 bits per heavy atom. The standard InChI is InChI=1S/C18H17NO3S/c1-20-13-7-4-12(5-8-13)6-11-16-19-17-14(21-2)9-10-15(22-3)18(17)23-16/h4-11H,1-3H3/b11-6+. The highest BCUT2D eigenvalue weighted by molar-refractivity contribution is 7.19. The molecule has 1 heterocycles. The van der Waals surface area contributed by atoms with Crippen molar-refractivity contribution in [3.05, 3.63) is 47.0 Å². The van der Waals surface area contributed by atoms with Crippen molar-refractivity contribution in [2.45, 2.75) is 0 Å². The Kier molecular flexibility index (Phi) is 4.48. The van der Waals surface area contributed by atoms with Crippen LogP contribution >= 0.6 is 11.3 Å². The molecule has 0 saturated carbocycles. The average Bonchev–Trinajstić information content (AvgIpc) is 3.03. The Morgan fingerprint density at radius 2 is 1.52 bits per heavy atom. The minimum absolute atomic E-state index is 0.751. The Morgan fingerprint density at radius 1 is 0.826 bits per heavy atom. The lowest BCUT2D eigenvalue weighted by atomic mass is 10.2. The highest BCUT2D eigenvalue weighted by Gasteiger charge is 2.12. The molecule has 0 N–H and O–H groups in total. The highest BCUT2D eigenvalue weighted by atomic mass is 32.1. The number of fused-ring (bicyclic) bond motifs is 1. The van der Waals surface area contributed by atoms with E-state index in [0.29, 0.717) is 0 Å². The Bertz CT molecular complexity index is 796. The third kappa shape index (κ3) is 3.14. The summed E-state index contributed by atoms with van der Waals surface area (Å²) < 4.78 is 16.9. The summed E-state index contributed by atoms with van der Waals surface area (Å²) >= 11 is 1.58. The third-order valence-corrected chi connectivity index (χ3v) is 4.50. The fourth-order valence-electron chi connectivity index (χ4n) is 2.26. The summed E-state index contributed by atoms with van der Waals surface area (Å²) in [5.74, 6) is 2.40. The van der Waals surface area contributed by atoms with Crippen molar-refractivity contribution >= 4 is 33.7 Å². The minimum atomic E-state index is 0.751. The number of aromatic nitrogens is 1. The summed E-state index contributed by atoms with van der Waals surface area (Å²) in [6.07, 6.45) is 4.02. The summed E-state index contributed by atoms with van der Waals surface area (Å²) in [7, 11) is 4.97. The molecule has 0 fully saturated rings. The first-order chi connectivity index (χ1) is 11.2. The van der Waals surface area contributed by atoms with E-state index in [2.05, 4.69) is 4.98 Å². The first-order valence-electron chi connectivity index (χ1n) is 7.09. The molecular weight excluding hydrogens is 310 g/mol. The summed E-state index contributed by atoms with van der Waals surface area (Å²) in [5, 5.41) is 0.901. The fourth-order valence-corrected chi connectivity index (χ4v) is 3.23. The zero-order valence-corrected chi connectivity index (χ0v) is 14.0. The lowest BCUT2D eigenvalue weighted by Gasteiger charge is -2.03. The Hall–Kier alpha value is -2.53. The number of benzene rings is 2. The molecular formula is C18H17NO3S. The molecule has 0 bridgehead atoms. The SMILES string of the molecule is COc1ccc(/C=C/c2nc3c(OC)ccc(OC)c3s2)cc1. The van der Waals surface area contributed by atoms with E-state index >= 15 is 0 Å². The van der Waals surface area contributed by atoms with Gasteiger partial charge in [-0.2, -0.15) is 0 Å². The molecule has 3 aromatic rings. The van der Waals surface area contributed by atoms with E-state index in [4.69, 9.17) is 14.2 Å². The maximum Gasteiger partial charge on any atom is 0.146 e. The number of methoxy groups -OCH3 is 3. The van der Waals surface area contributed by atoms with Crippen LogP contribution in [0, 0.1) is 0 Å². The molecule has 5 heteroatoms. The van der Waals surface area contributed by atoms with Gasteiger partial charge in [-0.1, -0.05) is 18.2 Å². The van der Waals surface area contributed by atoms with Crippen molar-refractivity contribution < 1.29 is 14.2 Å². The third-order valence-electron chi connectivity index (χ3n) is 3.46. The maximum absolute atomic E-state index is 5.41. The maximum atomic E-state index is 5.41. The summed E-state index contributed by atoms with van der Waals surface area (Å²) in [6, 6.07) is 11.6. The summed E-state index contributed by atoms with van der Waals surface area (Å²) in [4.78, 5) is 4.64. The van der Waals surface area contributed by atoms with Crippen molar-refractivity contribution in [3.63, 3.8) is 0 Å². The minimum Gasteiger partial charge on any atom is -0.497 e. The summed E-state index contributed by atoms with van der Waals surface area (Å²) in [6.45, 7) is 0. The second-order valence-corrected chi connectivity index (χ2v) is 5.84. The predicted octanol–water partition coefficient (Wildman–Crippen LogP) is 4.49. The predicted molar refractivity (Wildman–Crippen MR) is 94.6 cm³/mol. The van der Waals surface area contributed by atoms with E-state index in [-0.39, 0.29) is 0 Å². The normalized spacial score (nSPS) is 11.1. The number of ether oxygens (including phenoxy) is 3. The van der Waals surface area contributed by atoms with Crippen LogP contribution in [0.15, 0.2) is 36.4 Å². The monoisotopic (exact) mass is 327 g/mol. The Labute approximate surface area is 139 Å². The molecule has 0 saturated heterocycles. The number of rotatable bonds is 5.